The lowest BCUT2D eigenvalue weighted by Crippen LogP contribution is -2.33. The van der Waals surface area contributed by atoms with Crippen molar-refractivity contribution >= 4 is 44.4 Å². The summed E-state index contributed by atoms with van der Waals surface area (Å²) in [5, 5.41) is 12.4. The van der Waals surface area contributed by atoms with Crippen LogP contribution in [0.4, 0.5) is 16.3 Å². The van der Waals surface area contributed by atoms with Crippen molar-refractivity contribution in [3.63, 3.8) is 0 Å². The maximum atomic E-state index is 13.5. The Morgan fingerprint density at radius 2 is 1.65 bits per heavy atom. The van der Waals surface area contributed by atoms with E-state index < -0.39 is 28.2 Å². The molecule has 6 rings (SSSR count). The first-order chi connectivity index (χ1) is 22.9. The Labute approximate surface area is 279 Å². The number of nitrogens with one attached hydrogen (secondary N) is 3. The third-order valence-corrected chi connectivity index (χ3v) is 9.64. The molecule has 2 aromatic heterocycles. The van der Waals surface area contributed by atoms with Crippen molar-refractivity contribution in [2.24, 2.45) is 0 Å². The molecule has 0 saturated carbocycles. The highest BCUT2D eigenvalue weighted by molar-refractivity contribution is 7.88. The molecule has 5 aromatic rings. The minimum atomic E-state index is -3.88. The zero-order valence-corrected chi connectivity index (χ0v) is 27.9. The van der Waals surface area contributed by atoms with E-state index in [2.05, 4.69) is 15.6 Å². The number of ether oxygens (including phenoxy) is 1. The van der Waals surface area contributed by atoms with Gasteiger partial charge in [0.25, 0.3) is 5.91 Å². The average molecular weight is 668 g/mol. The molecule has 1 fully saturated rings. The van der Waals surface area contributed by atoms with Crippen LogP contribution in [-0.4, -0.2) is 52.1 Å². The Bertz CT molecular complexity index is 2070. The maximum absolute atomic E-state index is 13.5. The topological polar surface area (TPSA) is 148 Å². The highest BCUT2D eigenvalue weighted by atomic mass is 32.2. The zero-order valence-electron chi connectivity index (χ0n) is 27.1. The second kappa shape index (κ2) is 13.1. The van der Waals surface area contributed by atoms with E-state index in [0.717, 1.165) is 38.5 Å². The standard InChI is InChI=1S/C35H37N7O5S/c1-23-33(43)40-48(45,46)41(23)22-25-9-11-26(12-10-25)42-32(21-31(39-42)35(2,3)4)38-34(44)37-29-13-14-30(28-8-6-5-7-27(28)29)47-20-17-24-15-18-36-19-16-24/h5-16,18-19,21,23H,17,20,22H2,1-4H3,(H,40,43)(H2,37,38,44). The second-order valence-electron chi connectivity index (χ2n) is 12.6. The minimum absolute atomic E-state index is 0.0326. The molecule has 1 aliphatic heterocycles. The van der Waals surface area contributed by atoms with E-state index >= 15 is 0 Å². The van der Waals surface area contributed by atoms with Gasteiger partial charge in [0.15, 0.2) is 0 Å². The monoisotopic (exact) mass is 667 g/mol. The highest BCUT2D eigenvalue weighted by Crippen LogP contribution is 2.32. The number of carbonyl (C=O) groups is 2. The molecule has 0 radical (unpaired) electrons. The SMILES string of the molecule is CC1C(=O)NS(=O)(=O)N1Cc1ccc(-n2nc(C(C)(C)C)cc2NC(=O)Nc2ccc(OCCc3ccncc3)c3ccccc23)cc1. The molecule has 0 aliphatic carbocycles. The van der Waals surface area contributed by atoms with E-state index in [1.54, 1.807) is 48.3 Å². The molecule has 3 heterocycles. The molecule has 1 aliphatic rings. The van der Waals surface area contributed by atoms with Gasteiger partial charge in [0, 0.05) is 47.6 Å². The van der Waals surface area contributed by atoms with E-state index in [4.69, 9.17) is 9.84 Å². The predicted molar refractivity (Wildman–Crippen MR) is 184 cm³/mol. The van der Waals surface area contributed by atoms with Gasteiger partial charge in [0.1, 0.15) is 17.6 Å². The van der Waals surface area contributed by atoms with Gasteiger partial charge in [-0.25, -0.2) is 14.2 Å². The van der Waals surface area contributed by atoms with Crippen LogP contribution < -0.4 is 20.1 Å². The maximum Gasteiger partial charge on any atom is 0.324 e. The molecule has 248 valence electrons. The Morgan fingerprint density at radius 1 is 0.938 bits per heavy atom. The predicted octanol–water partition coefficient (Wildman–Crippen LogP) is 5.55. The number of pyridine rings is 1. The van der Waals surface area contributed by atoms with Gasteiger partial charge in [-0.1, -0.05) is 57.2 Å². The molecule has 0 spiro atoms. The van der Waals surface area contributed by atoms with Crippen molar-refractivity contribution in [1.29, 1.82) is 0 Å². The summed E-state index contributed by atoms with van der Waals surface area (Å²) in [7, 11) is -3.88. The molecule has 13 heteroatoms. The molecular formula is C35H37N7O5S. The second-order valence-corrected chi connectivity index (χ2v) is 14.2. The van der Waals surface area contributed by atoms with Crippen LogP contribution in [0.25, 0.3) is 16.5 Å². The first-order valence-corrected chi connectivity index (χ1v) is 17.0. The number of rotatable bonds is 9. The van der Waals surface area contributed by atoms with Gasteiger partial charge in [-0.2, -0.15) is 17.8 Å². The van der Waals surface area contributed by atoms with Gasteiger partial charge in [0.2, 0.25) is 0 Å². The number of hydrogen-bond acceptors (Lipinski definition) is 7. The summed E-state index contributed by atoms with van der Waals surface area (Å²) in [6.45, 7) is 8.18. The number of urea groups is 1. The molecule has 1 unspecified atom stereocenters. The summed E-state index contributed by atoms with van der Waals surface area (Å²) >= 11 is 0. The lowest BCUT2D eigenvalue weighted by Gasteiger charge is -2.17. The molecule has 12 nitrogen and oxygen atoms in total. The number of hydrogen-bond donors (Lipinski definition) is 3. The molecule has 0 bridgehead atoms. The third-order valence-electron chi connectivity index (χ3n) is 8.12. The van der Waals surface area contributed by atoms with Gasteiger partial charge in [-0.15, -0.1) is 0 Å². The fourth-order valence-corrected chi connectivity index (χ4v) is 6.77. The van der Waals surface area contributed by atoms with Gasteiger partial charge in [-0.3, -0.25) is 15.1 Å². The Morgan fingerprint density at radius 3 is 2.31 bits per heavy atom. The van der Waals surface area contributed by atoms with Crippen LogP contribution in [0.15, 0.2) is 91.3 Å². The van der Waals surface area contributed by atoms with Crippen molar-refractivity contribution in [2.45, 2.75) is 52.1 Å². The number of aromatic nitrogens is 3. The smallest absolute Gasteiger partial charge is 0.324 e. The van der Waals surface area contributed by atoms with Crippen LogP contribution in [-0.2, 0) is 33.4 Å². The van der Waals surface area contributed by atoms with Crippen molar-refractivity contribution in [3.8, 4) is 11.4 Å². The summed E-state index contributed by atoms with van der Waals surface area (Å²) in [6, 6.07) is 23.1. The molecular weight excluding hydrogens is 630 g/mol. The van der Waals surface area contributed by atoms with Crippen molar-refractivity contribution in [3.05, 3.63) is 108 Å². The van der Waals surface area contributed by atoms with Crippen LogP contribution in [0.1, 0.15) is 44.5 Å². The molecule has 3 aromatic carbocycles. The average Bonchev–Trinajstić information content (AvgIpc) is 3.56. The summed E-state index contributed by atoms with van der Waals surface area (Å²) in [6.07, 6.45) is 4.27. The number of amides is 3. The number of anilines is 2. The van der Waals surface area contributed by atoms with Crippen LogP contribution in [0.3, 0.4) is 0 Å². The van der Waals surface area contributed by atoms with Gasteiger partial charge in [-0.05, 0) is 54.4 Å². The quantitative estimate of drug-likeness (QED) is 0.187. The molecule has 3 N–H and O–H groups in total. The molecule has 48 heavy (non-hydrogen) atoms. The summed E-state index contributed by atoms with van der Waals surface area (Å²) < 4.78 is 35.6. The van der Waals surface area contributed by atoms with E-state index in [0.29, 0.717) is 29.4 Å². The van der Waals surface area contributed by atoms with Crippen LogP contribution >= 0.6 is 0 Å². The van der Waals surface area contributed by atoms with Crippen molar-refractivity contribution in [2.75, 3.05) is 17.2 Å². The fraction of sp³-hybridized carbons (Fsp3) is 0.257. The molecule has 1 atom stereocenters. The molecule has 1 saturated heterocycles. The van der Waals surface area contributed by atoms with Gasteiger partial charge >= 0.3 is 16.2 Å². The highest BCUT2D eigenvalue weighted by Gasteiger charge is 2.40. The van der Waals surface area contributed by atoms with E-state index in [9.17, 15) is 18.0 Å². The normalized spacial score (nSPS) is 16.1. The van der Waals surface area contributed by atoms with Crippen molar-refractivity contribution < 1.29 is 22.7 Å². The third kappa shape index (κ3) is 7.02. The largest absolute Gasteiger partial charge is 0.493 e. The number of benzene rings is 3. The first kappa shape index (κ1) is 32.7. The van der Waals surface area contributed by atoms with Gasteiger partial charge in [0.05, 0.1) is 23.7 Å². The number of fused-ring (bicyclic) bond motifs is 1. The van der Waals surface area contributed by atoms with Crippen LogP contribution in [0.5, 0.6) is 5.75 Å². The summed E-state index contributed by atoms with van der Waals surface area (Å²) in [4.78, 5) is 29.4. The number of carbonyl (C=O) groups excluding carboxylic acids is 2. The van der Waals surface area contributed by atoms with Gasteiger partial charge < -0.3 is 10.1 Å². The summed E-state index contributed by atoms with van der Waals surface area (Å²) in [5.41, 5.74) is 3.57. The lowest BCUT2D eigenvalue weighted by atomic mass is 9.92. The van der Waals surface area contributed by atoms with E-state index in [1.165, 1.54) is 0 Å². The Hall–Kier alpha value is -5.27. The lowest BCUT2D eigenvalue weighted by molar-refractivity contribution is -0.121. The first-order valence-electron chi connectivity index (χ1n) is 15.5. The van der Waals surface area contributed by atoms with E-state index in [1.807, 2.05) is 80.1 Å². The molecule has 3 amide bonds. The van der Waals surface area contributed by atoms with Crippen molar-refractivity contribution in [1.82, 2.24) is 23.8 Å². The van der Waals surface area contributed by atoms with Crippen LogP contribution in [0.2, 0.25) is 0 Å². The van der Waals surface area contributed by atoms with Crippen LogP contribution in [0, 0.1) is 0 Å². The summed E-state index contributed by atoms with van der Waals surface area (Å²) in [5.74, 6) is 0.624. The Kier molecular flexibility index (Phi) is 8.91. The van der Waals surface area contributed by atoms with E-state index in [-0.39, 0.29) is 12.0 Å². The minimum Gasteiger partial charge on any atom is -0.493 e. The zero-order chi connectivity index (χ0) is 34.1. The Balaban J connectivity index is 1.20. The number of nitrogens with zero attached hydrogens (tertiary/aromatic N) is 4. The fourth-order valence-electron chi connectivity index (χ4n) is 5.39.